The van der Waals surface area contributed by atoms with Crippen LogP contribution in [0.25, 0.3) is 0 Å². The molecule has 1 N–H and O–H groups in total. The number of nitrogens with zero attached hydrogens (tertiary/aromatic N) is 3. The number of benzene rings is 1. The van der Waals surface area contributed by atoms with Gasteiger partial charge >= 0.3 is 0 Å². The predicted molar refractivity (Wildman–Crippen MR) is 87.3 cm³/mol. The van der Waals surface area contributed by atoms with Crippen molar-refractivity contribution in [2.24, 2.45) is 11.8 Å². The number of hydrogen-bond acceptors (Lipinski definition) is 4. The van der Waals surface area contributed by atoms with Crippen LogP contribution in [0.4, 0.5) is 10.2 Å². The Bertz CT molecular complexity index is 649. The van der Waals surface area contributed by atoms with Gasteiger partial charge in [-0.3, -0.25) is 4.90 Å². The van der Waals surface area contributed by atoms with Crippen molar-refractivity contribution in [1.29, 1.82) is 0 Å². The fourth-order valence-corrected chi connectivity index (χ4v) is 4.13. The number of nitrogens with one attached hydrogen (secondary N) is 1. The molecule has 1 saturated carbocycles. The molecule has 0 amide bonds. The predicted octanol–water partition coefficient (Wildman–Crippen LogP) is 2.94. The minimum atomic E-state index is -0.143. The highest BCUT2D eigenvalue weighted by Gasteiger charge is 2.40. The third kappa shape index (κ3) is 3.34. The van der Waals surface area contributed by atoms with E-state index in [0.717, 1.165) is 42.9 Å². The van der Waals surface area contributed by atoms with Crippen LogP contribution in [0.1, 0.15) is 18.4 Å². The molecule has 2 aliphatic rings. The summed E-state index contributed by atoms with van der Waals surface area (Å²) in [4.78, 5) is 2.46. The molecule has 5 heteroatoms. The van der Waals surface area contributed by atoms with Gasteiger partial charge in [-0.25, -0.2) is 4.39 Å². The lowest BCUT2D eigenvalue weighted by Crippen LogP contribution is -2.25. The van der Waals surface area contributed by atoms with Gasteiger partial charge in [-0.15, -0.1) is 5.10 Å². The molecule has 1 aliphatic heterocycles. The van der Waals surface area contributed by atoms with E-state index in [4.69, 9.17) is 0 Å². The molecule has 0 spiro atoms. The molecule has 1 saturated heterocycles. The first-order valence-corrected chi connectivity index (χ1v) is 8.27. The van der Waals surface area contributed by atoms with Crippen molar-refractivity contribution in [1.82, 2.24) is 15.1 Å². The minimum absolute atomic E-state index is 0.143. The summed E-state index contributed by atoms with van der Waals surface area (Å²) in [6, 6.07) is 11.3. The van der Waals surface area contributed by atoms with E-state index in [0.29, 0.717) is 6.04 Å². The molecule has 3 atom stereocenters. The number of fused-ring (bicyclic) bond motifs is 1. The number of rotatable bonds is 4. The van der Waals surface area contributed by atoms with Crippen molar-refractivity contribution >= 4 is 5.82 Å². The number of halogens is 1. The van der Waals surface area contributed by atoms with Crippen molar-refractivity contribution in [2.45, 2.75) is 25.4 Å². The van der Waals surface area contributed by atoms with Crippen LogP contribution in [0.15, 0.2) is 42.6 Å². The molecular weight excluding hydrogens is 291 g/mol. The molecule has 2 heterocycles. The number of likely N-dealkylation sites (tertiary alicyclic amines) is 1. The zero-order valence-corrected chi connectivity index (χ0v) is 13.0. The molecule has 0 radical (unpaired) electrons. The molecule has 0 bridgehead atoms. The lowest BCUT2D eigenvalue weighted by Gasteiger charge is -2.19. The normalized spacial score (nSPS) is 27.1. The van der Waals surface area contributed by atoms with E-state index in [9.17, 15) is 4.39 Å². The van der Waals surface area contributed by atoms with Gasteiger partial charge in [0.25, 0.3) is 0 Å². The molecule has 23 heavy (non-hydrogen) atoms. The fourth-order valence-electron chi connectivity index (χ4n) is 4.13. The second-order valence-electron chi connectivity index (χ2n) is 6.77. The average Bonchev–Trinajstić information content (AvgIpc) is 3.06. The molecule has 2 aromatic rings. The van der Waals surface area contributed by atoms with Gasteiger partial charge in [0.15, 0.2) is 0 Å². The van der Waals surface area contributed by atoms with Crippen molar-refractivity contribution in [3.8, 4) is 0 Å². The first-order valence-electron chi connectivity index (χ1n) is 8.27. The van der Waals surface area contributed by atoms with E-state index in [-0.39, 0.29) is 5.82 Å². The lowest BCUT2D eigenvalue weighted by molar-refractivity contribution is 0.300. The lowest BCUT2D eigenvalue weighted by atomic mass is 10.0. The third-order valence-corrected chi connectivity index (χ3v) is 5.05. The van der Waals surface area contributed by atoms with Crippen molar-refractivity contribution in [2.75, 3.05) is 18.4 Å². The fraction of sp³-hybridized carbons (Fsp3) is 0.444. The summed E-state index contributed by atoms with van der Waals surface area (Å²) in [6.45, 7) is 3.08. The summed E-state index contributed by atoms with van der Waals surface area (Å²) in [5.41, 5.74) is 1.07. The van der Waals surface area contributed by atoms with Crippen LogP contribution >= 0.6 is 0 Å². The Labute approximate surface area is 135 Å². The maximum Gasteiger partial charge on any atom is 0.148 e. The van der Waals surface area contributed by atoms with Crippen LogP contribution < -0.4 is 5.32 Å². The van der Waals surface area contributed by atoms with Gasteiger partial charge in [0, 0.05) is 31.9 Å². The summed E-state index contributed by atoms with van der Waals surface area (Å²) in [7, 11) is 0. The Morgan fingerprint density at radius 3 is 2.65 bits per heavy atom. The maximum absolute atomic E-state index is 13.3. The van der Waals surface area contributed by atoms with Crippen LogP contribution in [0.5, 0.6) is 0 Å². The topological polar surface area (TPSA) is 41.0 Å². The Morgan fingerprint density at radius 1 is 1.13 bits per heavy atom. The molecule has 1 aromatic heterocycles. The molecule has 1 aromatic carbocycles. The minimum Gasteiger partial charge on any atom is -0.366 e. The van der Waals surface area contributed by atoms with E-state index in [1.54, 1.807) is 18.3 Å². The summed E-state index contributed by atoms with van der Waals surface area (Å²) in [5, 5.41) is 11.5. The summed E-state index contributed by atoms with van der Waals surface area (Å²) in [5.74, 6) is 2.19. The zero-order chi connectivity index (χ0) is 15.6. The first-order chi connectivity index (χ1) is 11.3. The van der Waals surface area contributed by atoms with E-state index >= 15 is 0 Å². The standard InChI is InChI=1S/C18H21FN4/c19-16-4-1-3-13(7-16)10-23-11-14-8-17(9-15(14)12-23)21-18-5-2-6-20-22-18/h1-7,14-15,17H,8-12H2,(H,21,22)/t14-,15+,17?. The molecule has 1 unspecified atom stereocenters. The van der Waals surface area contributed by atoms with Gasteiger partial charge in [0.05, 0.1) is 0 Å². The molecular formula is C18H21FN4. The van der Waals surface area contributed by atoms with E-state index in [1.165, 1.54) is 18.9 Å². The second-order valence-corrected chi connectivity index (χ2v) is 6.77. The quantitative estimate of drug-likeness (QED) is 0.942. The smallest absolute Gasteiger partial charge is 0.148 e. The average molecular weight is 312 g/mol. The Hall–Kier alpha value is -2.01. The van der Waals surface area contributed by atoms with Crippen LogP contribution in [-0.2, 0) is 6.54 Å². The highest BCUT2D eigenvalue weighted by Crippen LogP contribution is 2.39. The molecule has 120 valence electrons. The number of anilines is 1. The largest absolute Gasteiger partial charge is 0.366 e. The molecule has 2 fully saturated rings. The monoisotopic (exact) mass is 312 g/mol. The summed E-state index contributed by atoms with van der Waals surface area (Å²) >= 11 is 0. The Balaban J connectivity index is 1.31. The number of aromatic nitrogens is 2. The summed E-state index contributed by atoms with van der Waals surface area (Å²) < 4.78 is 13.3. The van der Waals surface area contributed by atoms with Crippen molar-refractivity contribution < 1.29 is 4.39 Å². The molecule has 4 nitrogen and oxygen atoms in total. The van der Waals surface area contributed by atoms with Gasteiger partial charge in [-0.1, -0.05) is 12.1 Å². The highest BCUT2D eigenvalue weighted by molar-refractivity contribution is 5.33. The number of hydrogen-bond donors (Lipinski definition) is 1. The van der Waals surface area contributed by atoms with Crippen LogP contribution in [0, 0.1) is 17.7 Å². The highest BCUT2D eigenvalue weighted by atomic mass is 19.1. The Morgan fingerprint density at radius 2 is 1.96 bits per heavy atom. The van der Waals surface area contributed by atoms with Crippen LogP contribution in [0.2, 0.25) is 0 Å². The van der Waals surface area contributed by atoms with E-state index < -0.39 is 0 Å². The first kappa shape index (κ1) is 14.6. The van der Waals surface area contributed by atoms with Gasteiger partial charge in [-0.2, -0.15) is 5.10 Å². The Kier molecular flexibility index (Phi) is 3.95. The third-order valence-electron chi connectivity index (χ3n) is 5.05. The van der Waals surface area contributed by atoms with Gasteiger partial charge in [-0.05, 0) is 54.5 Å². The zero-order valence-electron chi connectivity index (χ0n) is 13.0. The molecule has 4 rings (SSSR count). The van der Waals surface area contributed by atoms with Crippen LogP contribution in [0.3, 0.4) is 0 Å². The van der Waals surface area contributed by atoms with Crippen LogP contribution in [-0.4, -0.2) is 34.2 Å². The van der Waals surface area contributed by atoms with Gasteiger partial charge < -0.3 is 5.32 Å². The van der Waals surface area contributed by atoms with Gasteiger partial charge in [0.2, 0.25) is 0 Å². The van der Waals surface area contributed by atoms with Crippen molar-refractivity contribution in [3.63, 3.8) is 0 Å². The second kappa shape index (κ2) is 6.24. The van der Waals surface area contributed by atoms with Gasteiger partial charge in [0.1, 0.15) is 11.6 Å². The van der Waals surface area contributed by atoms with Crippen molar-refractivity contribution in [3.05, 3.63) is 54.0 Å². The van der Waals surface area contributed by atoms with E-state index in [1.807, 2.05) is 18.2 Å². The van der Waals surface area contributed by atoms with E-state index in [2.05, 4.69) is 20.4 Å². The SMILES string of the molecule is Fc1cccc(CN2C[C@H]3CC(Nc4cccnn4)C[C@H]3C2)c1. The maximum atomic E-state index is 13.3. The summed E-state index contributed by atoms with van der Waals surface area (Å²) in [6.07, 6.45) is 4.06. The molecule has 1 aliphatic carbocycles.